The van der Waals surface area contributed by atoms with Crippen molar-refractivity contribution in [2.45, 2.75) is 13.5 Å². The molecule has 2 rings (SSSR count). The summed E-state index contributed by atoms with van der Waals surface area (Å²) < 4.78 is 19.4. The molecule has 112 valence electrons. The number of anilines is 1. The molecule has 0 fully saturated rings. The van der Waals surface area contributed by atoms with Crippen molar-refractivity contribution in [2.75, 3.05) is 19.0 Å². The topological polar surface area (TPSA) is 67.3 Å². The molecule has 0 spiro atoms. The molecule has 0 saturated heterocycles. The van der Waals surface area contributed by atoms with E-state index in [1.807, 2.05) is 6.92 Å². The Labute approximate surface area is 135 Å². The van der Waals surface area contributed by atoms with Crippen LogP contribution in [-0.2, 0) is 11.3 Å². The molecule has 0 unspecified atom stereocenters. The van der Waals surface area contributed by atoms with Crippen LogP contribution in [0, 0.1) is 9.39 Å². The lowest BCUT2D eigenvalue weighted by Crippen LogP contribution is -2.08. The summed E-state index contributed by atoms with van der Waals surface area (Å²) in [5.74, 6) is 0.308. The van der Waals surface area contributed by atoms with Gasteiger partial charge in [-0.1, -0.05) is 0 Å². The summed E-state index contributed by atoms with van der Waals surface area (Å²) in [6, 6.07) is 3.75. The Kier molecular flexibility index (Phi) is 5.29. The highest BCUT2D eigenvalue weighted by Gasteiger charge is 2.14. The van der Waals surface area contributed by atoms with E-state index in [1.54, 1.807) is 7.11 Å². The van der Waals surface area contributed by atoms with Gasteiger partial charge < -0.3 is 15.2 Å². The Morgan fingerprint density at radius 3 is 2.71 bits per heavy atom. The van der Waals surface area contributed by atoms with Gasteiger partial charge in [0.15, 0.2) is 5.82 Å². The minimum Gasteiger partial charge on any atom is -0.508 e. The van der Waals surface area contributed by atoms with E-state index in [-0.39, 0.29) is 5.75 Å². The number of hydrogen-bond acceptors (Lipinski definition) is 5. The summed E-state index contributed by atoms with van der Waals surface area (Å²) in [5, 5.41) is 12.7. The quantitative estimate of drug-likeness (QED) is 0.751. The van der Waals surface area contributed by atoms with Gasteiger partial charge in [-0.25, -0.2) is 14.4 Å². The van der Waals surface area contributed by atoms with Gasteiger partial charge in [0.2, 0.25) is 0 Å². The number of halogens is 2. The molecule has 0 amide bonds. The van der Waals surface area contributed by atoms with Crippen LogP contribution < -0.4 is 5.32 Å². The Balaban J connectivity index is 2.56. The van der Waals surface area contributed by atoms with Crippen molar-refractivity contribution in [1.29, 1.82) is 0 Å². The van der Waals surface area contributed by atoms with Crippen molar-refractivity contribution in [1.82, 2.24) is 9.97 Å². The molecule has 0 aliphatic carbocycles. The molecule has 5 nitrogen and oxygen atoms in total. The first-order valence-electron chi connectivity index (χ1n) is 6.34. The van der Waals surface area contributed by atoms with Crippen molar-refractivity contribution in [3.63, 3.8) is 0 Å². The van der Waals surface area contributed by atoms with Crippen molar-refractivity contribution < 1.29 is 14.2 Å². The van der Waals surface area contributed by atoms with Crippen LogP contribution in [0.3, 0.4) is 0 Å². The number of aromatic hydroxyl groups is 1. The van der Waals surface area contributed by atoms with Gasteiger partial charge in [-0.2, -0.15) is 0 Å². The van der Waals surface area contributed by atoms with Gasteiger partial charge in [-0.15, -0.1) is 0 Å². The molecule has 21 heavy (non-hydrogen) atoms. The maximum absolute atomic E-state index is 13.4. The normalized spacial score (nSPS) is 10.7. The van der Waals surface area contributed by atoms with Crippen LogP contribution in [0.15, 0.2) is 18.2 Å². The van der Waals surface area contributed by atoms with Crippen LogP contribution in [0.4, 0.5) is 10.2 Å². The van der Waals surface area contributed by atoms with Gasteiger partial charge in [-0.05, 0) is 41.6 Å². The predicted molar refractivity (Wildman–Crippen MR) is 86.7 cm³/mol. The highest BCUT2D eigenvalue weighted by molar-refractivity contribution is 14.1. The Morgan fingerprint density at radius 1 is 1.33 bits per heavy atom. The first-order valence-corrected chi connectivity index (χ1v) is 7.42. The van der Waals surface area contributed by atoms with E-state index in [2.05, 4.69) is 37.9 Å². The van der Waals surface area contributed by atoms with Crippen molar-refractivity contribution >= 4 is 28.4 Å². The maximum Gasteiger partial charge on any atom is 0.162 e. The second-order valence-electron chi connectivity index (χ2n) is 4.32. The second kappa shape index (κ2) is 6.99. The first kappa shape index (κ1) is 15.9. The van der Waals surface area contributed by atoms with Crippen LogP contribution in [0.1, 0.15) is 12.6 Å². The van der Waals surface area contributed by atoms with Gasteiger partial charge in [0.25, 0.3) is 0 Å². The van der Waals surface area contributed by atoms with E-state index in [4.69, 9.17) is 4.74 Å². The van der Waals surface area contributed by atoms with Crippen LogP contribution in [0.25, 0.3) is 11.4 Å². The smallest absolute Gasteiger partial charge is 0.162 e. The van der Waals surface area contributed by atoms with E-state index >= 15 is 0 Å². The van der Waals surface area contributed by atoms with Crippen molar-refractivity contribution in [3.8, 4) is 17.1 Å². The lowest BCUT2D eigenvalue weighted by molar-refractivity contribution is 0.181. The number of aromatic nitrogens is 2. The molecule has 1 aromatic carbocycles. The predicted octanol–water partition coefficient (Wildman–Crippen LogP) is 3.17. The number of methoxy groups -OCH3 is 1. The van der Waals surface area contributed by atoms with Gasteiger partial charge >= 0.3 is 0 Å². The molecule has 1 aromatic heterocycles. The highest BCUT2D eigenvalue weighted by atomic mass is 127. The lowest BCUT2D eigenvalue weighted by atomic mass is 10.2. The van der Waals surface area contributed by atoms with E-state index < -0.39 is 5.82 Å². The number of benzene rings is 1. The van der Waals surface area contributed by atoms with Crippen LogP contribution in [0.2, 0.25) is 0 Å². The van der Waals surface area contributed by atoms with E-state index in [0.717, 1.165) is 9.64 Å². The first-order chi connectivity index (χ1) is 10.0. The SMILES string of the molecule is CCNc1nc(-c2cc(O)cc(F)c2)nc(COC)c1I. The molecule has 0 aliphatic heterocycles. The third kappa shape index (κ3) is 3.79. The summed E-state index contributed by atoms with van der Waals surface area (Å²) in [7, 11) is 1.58. The minimum atomic E-state index is -0.537. The lowest BCUT2D eigenvalue weighted by Gasteiger charge is -2.12. The molecule has 0 bridgehead atoms. The summed E-state index contributed by atoms with van der Waals surface area (Å²) in [5.41, 5.74) is 1.13. The molecule has 0 radical (unpaired) electrons. The summed E-state index contributed by atoms with van der Waals surface area (Å²) >= 11 is 2.15. The standard InChI is InChI=1S/C14H15FIN3O2/c1-3-17-14-12(16)11(7-21-2)18-13(19-14)8-4-9(15)6-10(20)5-8/h4-6,20H,3,7H2,1-2H3,(H,17,18,19). The zero-order chi connectivity index (χ0) is 15.4. The molecule has 0 atom stereocenters. The minimum absolute atomic E-state index is 0.162. The fourth-order valence-corrected chi connectivity index (χ4v) is 2.43. The monoisotopic (exact) mass is 403 g/mol. The molecule has 0 aliphatic rings. The number of nitrogens with one attached hydrogen (secondary N) is 1. The number of hydrogen-bond donors (Lipinski definition) is 2. The highest BCUT2D eigenvalue weighted by Crippen LogP contribution is 2.27. The van der Waals surface area contributed by atoms with Crippen molar-refractivity contribution in [3.05, 3.63) is 33.3 Å². The van der Waals surface area contributed by atoms with Crippen molar-refractivity contribution in [2.24, 2.45) is 0 Å². The molecule has 0 saturated carbocycles. The van der Waals surface area contributed by atoms with Gasteiger partial charge in [0, 0.05) is 25.3 Å². The number of nitrogens with zero attached hydrogens (tertiary/aromatic N) is 2. The third-order valence-corrected chi connectivity index (χ3v) is 3.82. The van der Waals surface area contributed by atoms with Crippen LogP contribution in [0.5, 0.6) is 5.75 Å². The molecule has 2 aromatic rings. The zero-order valence-corrected chi connectivity index (χ0v) is 13.8. The van der Waals surface area contributed by atoms with E-state index in [1.165, 1.54) is 12.1 Å². The average molecular weight is 403 g/mol. The Bertz CT molecular complexity index is 605. The van der Waals surface area contributed by atoms with Gasteiger partial charge in [-0.3, -0.25) is 0 Å². The van der Waals surface area contributed by atoms with Crippen LogP contribution >= 0.6 is 22.6 Å². The number of rotatable bonds is 5. The fourth-order valence-electron chi connectivity index (χ4n) is 1.84. The average Bonchev–Trinajstić information content (AvgIpc) is 2.42. The van der Waals surface area contributed by atoms with Gasteiger partial charge in [0.1, 0.15) is 17.4 Å². The third-order valence-electron chi connectivity index (χ3n) is 2.69. The number of phenolic OH excluding ortho intramolecular Hbond substituents is 1. The van der Waals surface area contributed by atoms with Crippen LogP contribution in [-0.4, -0.2) is 28.7 Å². The maximum atomic E-state index is 13.4. The number of ether oxygens (including phenoxy) is 1. The van der Waals surface area contributed by atoms with Gasteiger partial charge in [0.05, 0.1) is 15.9 Å². The fraction of sp³-hybridized carbons (Fsp3) is 0.286. The largest absolute Gasteiger partial charge is 0.508 e. The Morgan fingerprint density at radius 2 is 2.10 bits per heavy atom. The molecular formula is C14H15FIN3O2. The van der Waals surface area contributed by atoms with E-state index in [9.17, 15) is 9.50 Å². The summed E-state index contributed by atoms with van der Waals surface area (Å²) in [4.78, 5) is 8.79. The Hall–Kier alpha value is -1.48. The molecular weight excluding hydrogens is 388 g/mol. The zero-order valence-electron chi connectivity index (χ0n) is 11.7. The molecule has 1 heterocycles. The molecule has 2 N–H and O–H groups in total. The molecule has 7 heteroatoms. The summed E-state index contributed by atoms with van der Waals surface area (Å²) in [6.07, 6.45) is 0. The van der Waals surface area contributed by atoms with E-state index in [0.29, 0.717) is 36.1 Å². The second-order valence-corrected chi connectivity index (χ2v) is 5.40. The number of phenols is 1. The summed E-state index contributed by atoms with van der Waals surface area (Å²) in [6.45, 7) is 2.99.